The van der Waals surface area contributed by atoms with Crippen LogP contribution in [0.25, 0.3) is 0 Å². The number of carbonyl (C=O) groups is 1. The van der Waals surface area contributed by atoms with E-state index in [0.29, 0.717) is 6.04 Å². The maximum Gasteiger partial charge on any atom is 0.314 e. The van der Waals surface area contributed by atoms with E-state index in [4.69, 9.17) is 15.2 Å². The Labute approximate surface area is 121 Å². The molecular weight excluding hydrogens is 278 g/mol. The lowest BCUT2D eigenvalue weighted by Crippen LogP contribution is -2.46. The van der Waals surface area contributed by atoms with Crippen LogP contribution in [0.4, 0.5) is 5.69 Å². The van der Waals surface area contributed by atoms with E-state index >= 15 is 0 Å². The number of amides is 1. The summed E-state index contributed by atoms with van der Waals surface area (Å²) < 4.78 is 10.3. The molecule has 1 fully saturated rings. The normalized spacial score (nSPS) is 15.3. The van der Waals surface area contributed by atoms with Gasteiger partial charge in [-0.05, 0) is 25.0 Å². The standard InChI is InChI=1S/C13H17N3O5/c1-20-12-5-4-9(6-11(12)16(18)19)21-7-10(13(14)17)15-8-2-3-8/h4-6,8,10,15H,2-3,7H2,1H3,(H2,14,17). The third kappa shape index (κ3) is 4.06. The molecule has 0 spiro atoms. The predicted molar refractivity (Wildman–Crippen MR) is 74.3 cm³/mol. The van der Waals surface area contributed by atoms with Crippen LogP contribution in [0.2, 0.25) is 0 Å². The topological polar surface area (TPSA) is 117 Å². The van der Waals surface area contributed by atoms with Crippen LogP contribution in [-0.4, -0.2) is 36.6 Å². The smallest absolute Gasteiger partial charge is 0.314 e. The van der Waals surface area contributed by atoms with Gasteiger partial charge in [0.05, 0.1) is 18.1 Å². The van der Waals surface area contributed by atoms with Gasteiger partial charge in [-0.25, -0.2) is 0 Å². The first-order valence-corrected chi connectivity index (χ1v) is 6.52. The molecule has 8 heteroatoms. The van der Waals surface area contributed by atoms with Gasteiger partial charge >= 0.3 is 5.69 Å². The molecule has 8 nitrogen and oxygen atoms in total. The van der Waals surface area contributed by atoms with Gasteiger partial charge in [-0.1, -0.05) is 0 Å². The lowest BCUT2D eigenvalue weighted by Gasteiger charge is -2.16. The average Bonchev–Trinajstić information content (AvgIpc) is 3.26. The van der Waals surface area contributed by atoms with Crippen LogP contribution < -0.4 is 20.5 Å². The fourth-order valence-corrected chi connectivity index (χ4v) is 1.83. The minimum absolute atomic E-state index is 0.0231. The lowest BCUT2D eigenvalue weighted by molar-refractivity contribution is -0.385. The summed E-state index contributed by atoms with van der Waals surface area (Å²) in [7, 11) is 1.35. The number of nitrogens with two attached hydrogens (primary N) is 1. The van der Waals surface area contributed by atoms with E-state index in [2.05, 4.69) is 5.32 Å². The van der Waals surface area contributed by atoms with E-state index < -0.39 is 16.9 Å². The van der Waals surface area contributed by atoms with Gasteiger partial charge in [0.2, 0.25) is 5.91 Å². The van der Waals surface area contributed by atoms with Gasteiger partial charge in [-0.15, -0.1) is 0 Å². The van der Waals surface area contributed by atoms with Crippen molar-refractivity contribution in [2.45, 2.75) is 24.9 Å². The maximum atomic E-state index is 11.3. The number of hydrogen-bond acceptors (Lipinski definition) is 6. The molecule has 1 unspecified atom stereocenters. The van der Waals surface area contributed by atoms with E-state index in [1.807, 2.05) is 0 Å². The summed E-state index contributed by atoms with van der Waals surface area (Å²) in [6, 6.07) is 3.94. The molecule has 0 aliphatic heterocycles. The molecule has 3 N–H and O–H groups in total. The van der Waals surface area contributed by atoms with Gasteiger partial charge in [0, 0.05) is 6.04 Å². The number of benzene rings is 1. The lowest BCUT2D eigenvalue weighted by atomic mass is 10.2. The second kappa shape index (κ2) is 6.40. The molecule has 0 heterocycles. The zero-order valence-corrected chi connectivity index (χ0v) is 11.6. The van der Waals surface area contributed by atoms with E-state index in [-0.39, 0.29) is 23.8 Å². The second-order valence-electron chi connectivity index (χ2n) is 4.80. The molecule has 1 amide bonds. The zero-order chi connectivity index (χ0) is 15.4. The zero-order valence-electron chi connectivity index (χ0n) is 11.6. The highest BCUT2D eigenvalue weighted by Gasteiger charge is 2.27. The Kier molecular flexibility index (Phi) is 4.59. The largest absolute Gasteiger partial charge is 0.491 e. The molecule has 1 aromatic carbocycles. The number of rotatable bonds is 8. The monoisotopic (exact) mass is 295 g/mol. The number of primary amides is 1. The van der Waals surface area contributed by atoms with Crippen molar-refractivity contribution in [3.05, 3.63) is 28.3 Å². The van der Waals surface area contributed by atoms with Gasteiger partial charge in [-0.2, -0.15) is 0 Å². The van der Waals surface area contributed by atoms with E-state index in [0.717, 1.165) is 12.8 Å². The SMILES string of the molecule is COc1ccc(OCC(NC2CC2)C(N)=O)cc1[N+](=O)[O-]. The van der Waals surface area contributed by atoms with Crippen molar-refractivity contribution in [1.29, 1.82) is 0 Å². The molecule has 21 heavy (non-hydrogen) atoms. The Morgan fingerprint density at radius 1 is 1.57 bits per heavy atom. The van der Waals surface area contributed by atoms with Crippen molar-refractivity contribution in [1.82, 2.24) is 5.32 Å². The summed E-state index contributed by atoms with van der Waals surface area (Å²) in [4.78, 5) is 21.7. The van der Waals surface area contributed by atoms with Crippen molar-refractivity contribution < 1.29 is 19.2 Å². The highest BCUT2D eigenvalue weighted by atomic mass is 16.6. The molecule has 0 aromatic heterocycles. The molecule has 0 saturated heterocycles. The fraction of sp³-hybridized carbons (Fsp3) is 0.462. The van der Waals surface area contributed by atoms with Crippen LogP contribution in [-0.2, 0) is 4.79 Å². The van der Waals surface area contributed by atoms with Gasteiger partial charge in [0.15, 0.2) is 5.75 Å². The third-order valence-corrected chi connectivity index (χ3v) is 3.12. The Balaban J connectivity index is 2.02. The average molecular weight is 295 g/mol. The predicted octanol–water partition coefficient (Wildman–Crippen LogP) is 0.588. The van der Waals surface area contributed by atoms with Crippen molar-refractivity contribution >= 4 is 11.6 Å². The molecule has 1 saturated carbocycles. The van der Waals surface area contributed by atoms with Crippen LogP contribution in [0.15, 0.2) is 18.2 Å². The Morgan fingerprint density at radius 3 is 2.81 bits per heavy atom. The first-order chi connectivity index (χ1) is 10.0. The molecule has 1 aromatic rings. The number of hydrogen-bond donors (Lipinski definition) is 2. The Hall–Kier alpha value is -2.35. The Morgan fingerprint density at radius 2 is 2.29 bits per heavy atom. The molecule has 2 rings (SSSR count). The van der Waals surface area contributed by atoms with E-state index in [9.17, 15) is 14.9 Å². The number of ether oxygens (including phenoxy) is 2. The van der Waals surface area contributed by atoms with Crippen molar-refractivity contribution in [3.8, 4) is 11.5 Å². The summed E-state index contributed by atoms with van der Waals surface area (Å²) in [5.41, 5.74) is 5.10. The van der Waals surface area contributed by atoms with Crippen molar-refractivity contribution in [2.75, 3.05) is 13.7 Å². The van der Waals surface area contributed by atoms with Crippen LogP contribution in [0.5, 0.6) is 11.5 Å². The molecule has 0 radical (unpaired) electrons. The van der Waals surface area contributed by atoms with Crippen LogP contribution in [0.1, 0.15) is 12.8 Å². The number of nitrogens with zero attached hydrogens (tertiary/aromatic N) is 1. The maximum absolute atomic E-state index is 11.3. The second-order valence-corrected chi connectivity index (χ2v) is 4.80. The van der Waals surface area contributed by atoms with Crippen LogP contribution in [0, 0.1) is 10.1 Å². The highest BCUT2D eigenvalue weighted by Crippen LogP contribution is 2.30. The van der Waals surface area contributed by atoms with Gasteiger partial charge in [0.25, 0.3) is 0 Å². The quantitative estimate of drug-likeness (QED) is 0.535. The minimum atomic E-state index is -0.612. The summed E-state index contributed by atoms with van der Waals surface area (Å²) in [6.45, 7) is 0.0231. The van der Waals surface area contributed by atoms with Gasteiger partial charge < -0.3 is 20.5 Å². The summed E-state index contributed by atoms with van der Waals surface area (Å²) in [5.74, 6) is -0.0776. The highest BCUT2D eigenvalue weighted by molar-refractivity contribution is 5.80. The molecular formula is C13H17N3O5. The number of nitro benzene ring substituents is 1. The molecule has 114 valence electrons. The van der Waals surface area contributed by atoms with Crippen LogP contribution in [0.3, 0.4) is 0 Å². The molecule has 0 bridgehead atoms. The third-order valence-electron chi connectivity index (χ3n) is 3.12. The van der Waals surface area contributed by atoms with Gasteiger partial charge in [0.1, 0.15) is 18.4 Å². The first kappa shape index (κ1) is 15.0. The van der Waals surface area contributed by atoms with Crippen molar-refractivity contribution in [3.63, 3.8) is 0 Å². The van der Waals surface area contributed by atoms with Crippen LogP contribution >= 0.6 is 0 Å². The summed E-state index contributed by atoms with van der Waals surface area (Å²) in [5, 5.41) is 14.0. The van der Waals surface area contributed by atoms with E-state index in [1.165, 1.54) is 19.2 Å². The van der Waals surface area contributed by atoms with Gasteiger partial charge in [-0.3, -0.25) is 14.9 Å². The Bertz CT molecular complexity index is 545. The number of carbonyl (C=O) groups excluding carboxylic acids is 1. The fourth-order valence-electron chi connectivity index (χ4n) is 1.83. The summed E-state index contributed by atoms with van der Waals surface area (Å²) in [6.07, 6.45) is 2.02. The molecule has 1 aliphatic carbocycles. The number of nitrogens with one attached hydrogen (secondary N) is 1. The van der Waals surface area contributed by atoms with Crippen molar-refractivity contribution in [2.24, 2.45) is 5.73 Å². The minimum Gasteiger partial charge on any atom is -0.491 e. The molecule has 1 atom stereocenters. The molecule has 1 aliphatic rings. The van der Waals surface area contributed by atoms with E-state index in [1.54, 1.807) is 6.07 Å². The summed E-state index contributed by atoms with van der Waals surface area (Å²) >= 11 is 0. The number of nitro groups is 1. The number of methoxy groups -OCH3 is 1. The first-order valence-electron chi connectivity index (χ1n) is 6.52.